The minimum Gasteiger partial charge on any atom is -0.436 e. The van der Waals surface area contributed by atoms with E-state index in [9.17, 15) is 8.76 Å². The molecule has 28 heavy (non-hydrogen) atoms. The molecule has 1 aliphatic heterocycles. The summed E-state index contributed by atoms with van der Waals surface area (Å²) in [6.07, 6.45) is 2.14. The Morgan fingerprint density at radius 1 is 1.25 bits per heavy atom. The Hall–Kier alpha value is -1.97. The molecule has 2 aromatic carbocycles. The summed E-state index contributed by atoms with van der Waals surface area (Å²) in [6.45, 7) is 2.38. The molecule has 2 heterocycles. The van der Waals surface area contributed by atoms with Crippen molar-refractivity contribution in [1.29, 1.82) is 0 Å². The van der Waals surface area contributed by atoms with Crippen molar-refractivity contribution >= 4 is 45.2 Å². The molecule has 1 unspecified atom stereocenters. The monoisotopic (exact) mass is 434 g/mol. The molecule has 0 radical (unpaired) electrons. The molecule has 0 saturated heterocycles. The molecule has 1 aliphatic rings. The normalized spacial score (nSPS) is 15.2. The van der Waals surface area contributed by atoms with Crippen LogP contribution in [0.4, 0.5) is 5.69 Å². The lowest BCUT2D eigenvalue weighted by molar-refractivity contribution is 0.469. The van der Waals surface area contributed by atoms with Crippen molar-refractivity contribution in [2.45, 2.75) is 28.2 Å². The van der Waals surface area contributed by atoms with Gasteiger partial charge in [-0.05, 0) is 46.7 Å². The van der Waals surface area contributed by atoms with Gasteiger partial charge >= 0.3 is 10.4 Å². The standard InChI is InChI=1S/C19H16ClN3O3S2/c1-2-9-22-28(24,25)14-7-8-16-15(10-14)23-17(12-3-5-13(20)6-4-12)18-19(27-16)26-11-21-18/h3-8,10-11H,2,9H2,1H3,(H-,22,24,25)/p+1. The number of hydrogen-bond acceptors (Lipinski definition) is 5. The fourth-order valence-electron chi connectivity index (χ4n) is 2.71. The fraction of sp³-hybridized carbons (Fsp3) is 0.158. The smallest absolute Gasteiger partial charge is 0.323 e. The molecule has 144 valence electrons. The van der Waals surface area contributed by atoms with E-state index in [1.165, 1.54) is 18.2 Å². The third-order valence-electron chi connectivity index (χ3n) is 4.11. The lowest BCUT2D eigenvalue weighted by Gasteiger charge is -2.07. The zero-order valence-corrected chi connectivity index (χ0v) is 17.3. The zero-order valence-electron chi connectivity index (χ0n) is 14.9. The van der Waals surface area contributed by atoms with Crippen LogP contribution >= 0.6 is 23.4 Å². The Morgan fingerprint density at radius 3 is 2.79 bits per heavy atom. The highest BCUT2D eigenvalue weighted by atomic mass is 35.5. The number of nitrogens with one attached hydrogen (secondary N) is 1. The Bertz CT molecular complexity index is 1100. The van der Waals surface area contributed by atoms with Crippen LogP contribution in [-0.4, -0.2) is 21.8 Å². The van der Waals surface area contributed by atoms with Gasteiger partial charge in [0, 0.05) is 28.1 Å². The minimum atomic E-state index is -3.34. The summed E-state index contributed by atoms with van der Waals surface area (Å²) in [4.78, 5) is 10.2. The number of fused-ring (bicyclic) bond motifs is 2. The largest absolute Gasteiger partial charge is 0.436 e. The molecule has 1 atom stereocenters. The van der Waals surface area contributed by atoms with Gasteiger partial charge in [-0.15, -0.1) is 4.72 Å². The van der Waals surface area contributed by atoms with Crippen LogP contribution in [0.2, 0.25) is 5.02 Å². The summed E-state index contributed by atoms with van der Waals surface area (Å²) in [6, 6.07) is 12.3. The molecule has 4 rings (SSSR count). The Morgan fingerprint density at radius 2 is 2.04 bits per heavy atom. The van der Waals surface area contributed by atoms with E-state index in [-0.39, 0.29) is 4.90 Å². The van der Waals surface area contributed by atoms with Gasteiger partial charge in [0.2, 0.25) is 4.90 Å². The van der Waals surface area contributed by atoms with Crippen LogP contribution in [0, 0.1) is 0 Å². The molecule has 0 fully saturated rings. The van der Waals surface area contributed by atoms with Gasteiger partial charge in [0.1, 0.15) is 11.4 Å². The van der Waals surface area contributed by atoms with E-state index in [1.807, 2.05) is 19.1 Å². The Labute approximate surface area is 172 Å². The molecular formula is C19H17ClN3O3S2+. The van der Waals surface area contributed by atoms with E-state index in [1.54, 1.807) is 30.3 Å². The lowest BCUT2D eigenvalue weighted by atomic mass is 10.1. The van der Waals surface area contributed by atoms with Gasteiger partial charge < -0.3 is 4.42 Å². The number of nitrogens with zero attached hydrogens (tertiary/aromatic N) is 2. The van der Waals surface area contributed by atoms with Crippen LogP contribution in [-0.2, 0) is 14.6 Å². The maximum absolute atomic E-state index is 12.6. The van der Waals surface area contributed by atoms with Crippen molar-refractivity contribution in [2.75, 3.05) is 6.54 Å². The molecule has 6 nitrogen and oxygen atoms in total. The average molecular weight is 435 g/mol. The number of oxazole rings is 1. The number of aromatic nitrogens is 1. The first kappa shape index (κ1) is 19.4. The van der Waals surface area contributed by atoms with Crippen molar-refractivity contribution in [2.24, 2.45) is 4.99 Å². The molecule has 0 spiro atoms. The van der Waals surface area contributed by atoms with Crippen LogP contribution in [0.3, 0.4) is 0 Å². The first-order chi connectivity index (χ1) is 13.5. The maximum Gasteiger partial charge on any atom is 0.323 e. The third-order valence-corrected chi connectivity index (χ3v) is 6.89. The predicted octanol–water partition coefficient (Wildman–Crippen LogP) is 5.21. The van der Waals surface area contributed by atoms with E-state index in [0.29, 0.717) is 33.8 Å². The van der Waals surface area contributed by atoms with E-state index in [2.05, 4.69) is 9.71 Å². The number of benzene rings is 2. The summed E-state index contributed by atoms with van der Waals surface area (Å²) in [5.74, 6) is 0. The summed E-state index contributed by atoms with van der Waals surface area (Å²) < 4.78 is 31.2. The second kappa shape index (κ2) is 7.81. The molecule has 0 aliphatic carbocycles. The summed E-state index contributed by atoms with van der Waals surface area (Å²) in [5.41, 5.74) is 2.65. The highest BCUT2D eigenvalue weighted by Gasteiger charge is 2.31. The SMILES string of the molecule is CCCN[S+](=O)(O)c1ccc2c(c1)N=C(c1ccc(Cl)cc1)c1ncoc1S2. The summed E-state index contributed by atoms with van der Waals surface area (Å²) in [5, 5.41) is 1.24. The van der Waals surface area contributed by atoms with Crippen LogP contribution in [0.25, 0.3) is 0 Å². The quantitative estimate of drug-likeness (QED) is 0.421. The second-order valence-electron chi connectivity index (χ2n) is 6.11. The van der Waals surface area contributed by atoms with Gasteiger partial charge in [0.05, 0.1) is 5.69 Å². The van der Waals surface area contributed by atoms with Gasteiger partial charge in [-0.1, -0.05) is 30.7 Å². The number of halogens is 1. The van der Waals surface area contributed by atoms with Crippen molar-refractivity contribution in [3.63, 3.8) is 0 Å². The van der Waals surface area contributed by atoms with E-state index in [0.717, 1.165) is 16.9 Å². The Balaban J connectivity index is 1.84. The van der Waals surface area contributed by atoms with Crippen molar-refractivity contribution in [3.05, 3.63) is 65.1 Å². The molecule has 0 bridgehead atoms. The zero-order chi connectivity index (χ0) is 19.7. The molecule has 3 aromatic rings. The molecule has 0 saturated carbocycles. The molecule has 0 amide bonds. The van der Waals surface area contributed by atoms with Crippen LogP contribution in [0.5, 0.6) is 0 Å². The van der Waals surface area contributed by atoms with Crippen LogP contribution in [0.1, 0.15) is 24.6 Å². The number of aliphatic imine (C=N–C) groups is 1. The first-order valence-electron chi connectivity index (χ1n) is 8.59. The summed E-state index contributed by atoms with van der Waals surface area (Å²) >= 11 is 7.39. The van der Waals surface area contributed by atoms with E-state index in [4.69, 9.17) is 21.0 Å². The molecule has 2 N–H and O–H groups in total. The van der Waals surface area contributed by atoms with Gasteiger partial charge in [-0.2, -0.15) is 4.55 Å². The molecular weight excluding hydrogens is 418 g/mol. The fourth-order valence-corrected chi connectivity index (χ4v) is 4.89. The topological polar surface area (TPSA) is 87.7 Å². The van der Waals surface area contributed by atoms with Crippen LogP contribution < -0.4 is 4.72 Å². The van der Waals surface area contributed by atoms with Crippen LogP contribution in [0.15, 0.2) is 73.2 Å². The van der Waals surface area contributed by atoms with Gasteiger partial charge in [0.15, 0.2) is 11.5 Å². The minimum absolute atomic E-state index is 0.283. The average Bonchev–Trinajstić information content (AvgIpc) is 3.08. The predicted molar refractivity (Wildman–Crippen MR) is 111 cm³/mol. The first-order valence-corrected chi connectivity index (χ1v) is 11.3. The number of hydrogen-bond donors (Lipinski definition) is 2. The third kappa shape index (κ3) is 3.78. The highest BCUT2D eigenvalue weighted by Crippen LogP contribution is 2.42. The van der Waals surface area contributed by atoms with Gasteiger partial charge in [-0.25, -0.2) is 9.98 Å². The molecule has 1 aromatic heterocycles. The van der Waals surface area contributed by atoms with E-state index >= 15 is 0 Å². The van der Waals surface area contributed by atoms with E-state index < -0.39 is 10.4 Å². The Kier molecular flexibility index (Phi) is 5.39. The van der Waals surface area contributed by atoms with Gasteiger partial charge in [0.25, 0.3) is 0 Å². The van der Waals surface area contributed by atoms with Crippen molar-refractivity contribution in [1.82, 2.24) is 9.71 Å². The van der Waals surface area contributed by atoms with Gasteiger partial charge in [-0.3, -0.25) is 0 Å². The van der Waals surface area contributed by atoms with Crippen molar-refractivity contribution in [3.8, 4) is 0 Å². The van der Waals surface area contributed by atoms with Crippen molar-refractivity contribution < 1.29 is 13.2 Å². The second-order valence-corrected chi connectivity index (χ2v) is 9.37. The lowest BCUT2D eigenvalue weighted by Crippen LogP contribution is -2.30. The molecule has 9 heteroatoms. The summed E-state index contributed by atoms with van der Waals surface area (Å²) in [7, 11) is -3.34. The number of rotatable bonds is 5. The maximum atomic E-state index is 12.6. The highest BCUT2D eigenvalue weighted by molar-refractivity contribution is 7.99.